The lowest BCUT2D eigenvalue weighted by atomic mass is 10.1. The number of benzene rings is 1. The monoisotopic (exact) mass is 309 g/mol. The molecule has 21 heavy (non-hydrogen) atoms. The molecule has 0 radical (unpaired) electrons. The van der Waals surface area contributed by atoms with Crippen molar-refractivity contribution < 1.29 is 4.79 Å². The molecule has 1 aromatic rings. The van der Waals surface area contributed by atoms with E-state index in [2.05, 4.69) is 12.2 Å². The molecule has 0 saturated carbocycles. The Kier molecular flexibility index (Phi) is 9.98. The Labute approximate surface area is 134 Å². The second-order valence-corrected chi connectivity index (χ2v) is 5.83. The summed E-state index contributed by atoms with van der Waals surface area (Å²) in [4.78, 5) is 12.0. The third-order valence-corrected chi connectivity index (χ3v) is 3.97. The van der Waals surface area contributed by atoms with Crippen LogP contribution in [-0.4, -0.2) is 12.5 Å². The minimum atomic E-state index is 0.00455. The lowest BCUT2D eigenvalue weighted by Gasteiger charge is -2.06. The molecule has 0 unspecified atom stereocenters. The summed E-state index contributed by atoms with van der Waals surface area (Å²) < 4.78 is 0. The minimum absolute atomic E-state index is 0.00455. The van der Waals surface area contributed by atoms with Crippen LogP contribution in [0.4, 0.5) is 0 Å². The van der Waals surface area contributed by atoms with Crippen molar-refractivity contribution in [2.45, 2.75) is 64.2 Å². The fourth-order valence-corrected chi connectivity index (χ4v) is 2.52. The average Bonchev–Trinajstić information content (AvgIpc) is 2.53. The number of halogens is 1. The van der Waals surface area contributed by atoms with Crippen molar-refractivity contribution in [3.8, 4) is 0 Å². The SMILES string of the molecule is CCCCCCCCCCNC(=O)c1cccc(CCl)c1. The highest BCUT2D eigenvalue weighted by molar-refractivity contribution is 6.17. The minimum Gasteiger partial charge on any atom is -0.352 e. The summed E-state index contributed by atoms with van der Waals surface area (Å²) in [6, 6.07) is 7.50. The smallest absolute Gasteiger partial charge is 0.251 e. The number of carbonyl (C=O) groups is 1. The Balaban J connectivity index is 2.08. The third kappa shape index (κ3) is 8.11. The molecule has 1 amide bonds. The van der Waals surface area contributed by atoms with E-state index in [1.807, 2.05) is 24.3 Å². The van der Waals surface area contributed by atoms with Gasteiger partial charge in [-0.3, -0.25) is 4.79 Å². The zero-order valence-electron chi connectivity index (χ0n) is 13.2. The van der Waals surface area contributed by atoms with Gasteiger partial charge in [-0.05, 0) is 24.1 Å². The van der Waals surface area contributed by atoms with Gasteiger partial charge < -0.3 is 5.32 Å². The highest BCUT2D eigenvalue weighted by atomic mass is 35.5. The maximum absolute atomic E-state index is 12.0. The number of unbranched alkanes of at least 4 members (excludes halogenated alkanes) is 7. The van der Waals surface area contributed by atoms with Gasteiger partial charge in [0.25, 0.3) is 5.91 Å². The molecule has 0 aromatic heterocycles. The lowest BCUT2D eigenvalue weighted by molar-refractivity contribution is 0.0953. The van der Waals surface area contributed by atoms with Crippen molar-refractivity contribution in [2.24, 2.45) is 0 Å². The predicted molar refractivity (Wildman–Crippen MR) is 90.9 cm³/mol. The second kappa shape index (κ2) is 11.6. The van der Waals surface area contributed by atoms with E-state index in [-0.39, 0.29) is 5.91 Å². The number of hydrogen-bond donors (Lipinski definition) is 1. The summed E-state index contributed by atoms with van der Waals surface area (Å²) in [6.07, 6.45) is 10.2. The van der Waals surface area contributed by atoms with Crippen molar-refractivity contribution in [3.05, 3.63) is 35.4 Å². The van der Waals surface area contributed by atoms with Gasteiger partial charge in [-0.15, -0.1) is 11.6 Å². The largest absolute Gasteiger partial charge is 0.352 e. The van der Waals surface area contributed by atoms with Gasteiger partial charge in [0.1, 0.15) is 0 Å². The van der Waals surface area contributed by atoms with Crippen LogP contribution in [0.1, 0.15) is 74.2 Å². The van der Waals surface area contributed by atoms with Crippen molar-refractivity contribution in [2.75, 3.05) is 6.54 Å². The predicted octanol–water partition coefficient (Wildman–Crippen LogP) is 5.30. The summed E-state index contributed by atoms with van der Waals surface area (Å²) in [5.74, 6) is 0.448. The average molecular weight is 310 g/mol. The molecule has 1 rings (SSSR count). The zero-order valence-corrected chi connectivity index (χ0v) is 13.9. The topological polar surface area (TPSA) is 29.1 Å². The van der Waals surface area contributed by atoms with Crippen LogP contribution in [0.3, 0.4) is 0 Å². The van der Waals surface area contributed by atoms with Gasteiger partial charge in [-0.1, -0.05) is 64.0 Å². The van der Waals surface area contributed by atoms with Crippen molar-refractivity contribution in [3.63, 3.8) is 0 Å². The van der Waals surface area contributed by atoms with Crippen LogP contribution in [-0.2, 0) is 5.88 Å². The van der Waals surface area contributed by atoms with E-state index in [4.69, 9.17) is 11.6 Å². The van der Waals surface area contributed by atoms with Crippen LogP contribution in [0.25, 0.3) is 0 Å². The van der Waals surface area contributed by atoms with Crippen molar-refractivity contribution in [1.82, 2.24) is 5.32 Å². The lowest BCUT2D eigenvalue weighted by Crippen LogP contribution is -2.24. The van der Waals surface area contributed by atoms with Crippen LogP contribution >= 0.6 is 11.6 Å². The molecule has 0 atom stereocenters. The molecule has 1 N–H and O–H groups in total. The summed E-state index contributed by atoms with van der Waals surface area (Å²) in [5, 5.41) is 2.98. The number of amides is 1. The van der Waals surface area contributed by atoms with Crippen LogP contribution in [0.2, 0.25) is 0 Å². The van der Waals surface area contributed by atoms with Crippen LogP contribution < -0.4 is 5.32 Å². The first-order valence-electron chi connectivity index (χ1n) is 8.21. The van der Waals surface area contributed by atoms with E-state index in [1.54, 1.807) is 0 Å². The highest BCUT2D eigenvalue weighted by Gasteiger charge is 2.04. The molecular formula is C18H28ClNO. The first kappa shape index (κ1) is 18.0. The van der Waals surface area contributed by atoms with Gasteiger partial charge in [0, 0.05) is 18.0 Å². The summed E-state index contributed by atoms with van der Waals surface area (Å²) in [6.45, 7) is 3.00. The van der Waals surface area contributed by atoms with Crippen molar-refractivity contribution in [1.29, 1.82) is 0 Å². The molecule has 0 fully saturated rings. The molecule has 1 aromatic carbocycles. The van der Waals surface area contributed by atoms with Gasteiger partial charge in [0.15, 0.2) is 0 Å². The fourth-order valence-electron chi connectivity index (χ4n) is 2.36. The zero-order chi connectivity index (χ0) is 15.3. The van der Waals surface area contributed by atoms with Gasteiger partial charge in [0.05, 0.1) is 0 Å². The summed E-state index contributed by atoms with van der Waals surface area (Å²) >= 11 is 5.78. The maximum Gasteiger partial charge on any atom is 0.251 e. The molecule has 2 nitrogen and oxygen atoms in total. The van der Waals surface area contributed by atoms with Crippen LogP contribution in [0, 0.1) is 0 Å². The maximum atomic E-state index is 12.0. The number of alkyl halides is 1. The summed E-state index contributed by atoms with van der Waals surface area (Å²) in [7, 11) is 0. The number of hydrogen-bond acceptors (Lipinski definition) is 1. The Hall–Kier alpha value is -1.02. The van der Waals surface area contributed by atoms with Gasteiger partial charge >= 0.3 is 0 Å². The normalized spacial score (nSPS) is 10.6. The first-order valence-corrected chi connectivity index (χ1v) is 8.74. The van der Waals surface area contributed by atoms with Gasteiger partial charge in [0.2, 0.25) is 0 Å². The van der Waals surface area contributed by atoms with E-state index in [0.717, 1.165) is 18.5 Å². The van der Waals surface area contributed by atoms with Gasteiger partial charge in [-0.25, -0.2) is 0 Å². The quantitative estimate of drug-likeness (QED) is 0.436. The molecule has 0 aliphatic rings. The van der Waals surface area contributed by atoms with E-state index in [0.29, 0.717) is 11.4 Å². The van der Waals surface area contributed by atoms with E-state index in [1.165, 1.54) is 44.9 Å². The Bertz CT molecular complexity index is 406. The standard InChI is InChI=1S/C18H28ClNO/c1-2-3-4-5-6-7-8-9-13-20-18(21)17-12-10-11-16(14-17)15-19/h10-12,14H,2-9,13,15H2,1H3,(H,20,21). The Morgan fingerprint density at radius 2 is 1.71 bits per heavy atom. The highest BCUT2D eigenvalue weighted by Crippen LogP contribution is 2.09. The molecule has 0 heterocycles. The van der Waals surface area contributed by atoms with Crippen LogP contribution in [0.15, 0.2) is 24.3 Å². The van der Waals surface area contributed by atoms with Crippen LogP contribution in [0.5, 0.6) is 0 Å². The number of rotatable bonds is 11. The molecule has 0 saturated heterocycles. The molecule has 0 aliphatic carbocycles. The first-order chi connectivity index (χ1) is 10.3. The molecule has 0 spiro atoms. The molecule has 118 valence electrons. The molecule has 3 heteroatoms. The van der Waals surface area contributed by atoms with Crippen molar-refractivity contribution >= 4 is 17.5 Å². The van der Waals surface area contributed by atoms with E-state index in [9.17, 15) is 4.79 Å². The fraction of sp³-hybridized carbons (Fsp3) is 0.611. The van der Waals surface area contributed by atoms with Gasteiger partial charge in [-0.2, -0.15) is 0 Å². The molecule has 0 aliphatic heterocycles. The van der Waals surface area contributed by atoms with E-state index >= 15 is 0 Å². The third-order valence-electron chi connectivity index (χ3n) is 3.66. The summed E-state index contributed by atoms with van der Waals surface area (Å²) in [5.41, 5.74) is 1.68. The number of carbonyl (C=O) groups excluding carboxylic acids is 1. The van der Waals surface area contributed by atoms with E-state index < -0.39 is 0 Å². The second-order valence-electron chi connectivity index (χ2n) is 5.56. The molecule has 0 bridgehead atoms. The Morgan fingerprint density at radius 1 is 1.05 bits per heavy atom. The Morgan fingerprint density at radius 3 is 2.38 bits per heavy atom. The number of nitrogens with one attached hydrogen (secondary N) is 1. The molecular weight excluding hydrogens is 282 g/mol.